The third kappa shape index (κ3) is 4.00. The number of anilines is 1. The molecule has 4 nitrogen and oxygen atoms in total. The lowest BCUT2D eigenvalue weighted by molar-refractivity contribution is -0.128. The van der Waals surface area contributed by atoms with Crippen molar-refractivity contribution in [2.45, 2.75) is 20.3 Å². The summed E-state index contributed by atoms with van der Waals surface area (Å²) in [5.74, 6) is 1.87. The molecule has 1 fully saturated rings. The van der Waals surface area contributed by atoms with Gasteiger partial charge in [-0.3, -0.25) is 4.79 Å². The minimum absolute atomic E-state index is 0.0720. The molecule has 1 amide bonds. The number of carbonyl (C=O) groups is 1. The highest BCUT2D eigenvalue weighted by atomic mass is 16.5. The van der Waals surface area contributed by atoms with E-state index in [0.29, 0.717) is 23.3 Å². The second-order valence-corrected chi connectivity index (χ2v) is 6.02. The number of hydrogen-bond acceptors (Lipinski definition) is 3. The first-order valence-corrected chi connectivity index (χ1v) is 7.40. The lowest BCUT2D eigenvalue weighted by atomic mass is 9.92. The molecule has 0 bridgehead atoms. The Morgan fingerprint density at radius 3 is 2.57 bits per heavy atom. The predicted octanol–water partition coefficient (Wildman–Crippen LogP) is 2.80. The summed E-state index contributed by atoms with van der Waals surface area (Å²) in [6, 6.07) is 5.51. The second kappa shape index (κ2) is 6.66. The van der Waals surface area contributed by atoms with Gasteiger partial charge in [-0.15, -0.1) is 0 Å². The fraction of sp³-hybridized carbons (Fsp3) is 0.471. The molecule has 21 heavy (non-hydrogen) atoms. The number of likely N-dealkylation sites (tertiary alicyclic amines) is 1. The standard InChI is InChI=1S/C17H24N2O2/c1-12-8-13(2)11-19(10-12)17(20)7-5-14-4-6-16(21-3)15(18)9-14/h4-7,9,12-13H,8,10-11,18H2,1-3H3/b7-5-. The lowest BCUT2D eigenvalue weighted by Crippen LogP contribution is -2.41. The van der Waals surface area contributed by atoms with Crippen molar-refractivity contribution in [3.8, 4) is 5.75 Å². The third-order valence-corrected chi connectivity index (χ3v) is 3.85. The van der Waals surface area contributed by atoms with Crippen molar-refractivity contribution < 1.29 is 9.53 Å². The Balaban J connectivity index is 2.03. The molecule has 1 aliphatic rings. The van der Waals surface area contributed by atoms with Crippen LogP contribution >= 0.6 is 0 Å². The number of carbonyl (C=O) groups excluding carboxylic acids is 1. The molecular formula is C17H24N2O2. The smallest absolute Gasteiger partial charge is 0.246 e. The maximum absolute atomic E-state index is 12.3. The molecular weight excluding hydrogens is 264 g/mol. The van der Waals surface area contributed by atoms with Gasteiger partial charge >= 0.3 is 0 Å². The average molecular weight is 288 g/mol. The Labute approximate surface area is 126 Å². The van der Waals surface area contributed by atoms with E-state index in [1.807, 2.05) is 29.2 Å². The number of ether oxygens (including phenoxy) is 1. The quantitative estimate of drug-likeness (QED) is 0.687. The number of piperidine rings is 1. The van der Waals surface area contributed by atoms with E-state index in [1.54, 1.807) is 13.2 Å². The van der Waals surface area contributed by atoms with Gasteiger partial charge in [-0.05, 0) is 42.0 Å². The van der Waals surface area contributed by atoms with Gasteiger partial charge in [0, 0.05) is 19.2 Å². The van der Waals surface area contributed by atoms with Crippen LogP contribution in [-0.2, 0) is 4.79 Å². The molecule has 0 aliphatic carbocycles. The number of nitrogen functional groups attached to an aromatic ring is 1. The van der Waals surface area contributed by atoms with Gasteiger partial charge in [0.1, 0.15) is 5.75 Å². The van der Waals surface area contributed by atoms with Gasteiger partial charge in [-0.25, -0.2) is 0 Å². The van der Waals surface area contributed by atoms with E-state index in [9.17, 15) is 4.79 Å². The lowest BCUT2D eigenvalue weighted by Gasteiger charge is -2.34. The number of benzene rings is 1. The molecule has 2 rings (SSSR count). The average Bonchev–Trinajstić information content (AvgIpc) is 2.43. The molecule has 0 radical (unpaired) electrons. The van der Waals surface area contributed by atoms with Crippen LogP contribution in [0.5, 0.6) is 5.75 Å². The van der Waals surface area contributed by atoms with Crippen LogP contribution in [-0.4, -0.2) is 31.0 Å². The van der Waals surface area contributed by atoms with Gasteiger partial charge in [0.15, 0.2) is 0 Å². The molecule has 1 aliphatic heterocycles. The van der Waals surface area contributed by atoms with E-state index >= 15 is 0 Å². The maximum Gasteiger partial charge on any atom is 0.246 e. The fourth-order valence-corrected chi connectivity index (χ4v) is 2.97. The molecule has 0 aromatic heterocycles. The zero-order valence-electron chi connectivity index (χ0n) is 13.0. The Morgan fingerprint density at radius 2 is 2.00 bits per heavy atom. The summed E-state index contributed by atoms with van der Waals surface area (Å²) in [6.45, 7) is 6.09. The van der Waals surface area contributed by atoms with Crippen LogP contribution in [0.1, 0.15) is 25.8 Å². The molecule has 2 N–H and O–H groups in total. The number of nitrogens with zero attached hydrogens (tertiary/aromatic N) is 1. The Kier molecular flexibility index (Phi) is 4.89. The molecule has 114 valence electrons. The van der Waals surface area contributed by atoms with Gasteiger partial charge < -0.3 is 15.4 Å². The summed E-state index contributed by atoms with van der Waals surface area (Å²) >= 11 is 0. The van der Waals surface area contributed by atoms with Gasteiger partial charge in [0.25, 0.3) is 0 Å². The van der Waals surface area contributed by atoms with E-state index in [-0.39, 0.29) is 5.91 Å². The van der Waals surface area contributed by atoms with Crippen LogP contribution < -0.4 is 10.5 Å². The Bertz CT molecular complexity index is 530. The van der Waals surface area contributed by atoms with Crippen molar-refractivity contribution in [3.63, 3.8) is 0 Å². The van der Waals surface area contributed by atoms with Gasteiger partial charge in [0.05, 0.1) is 12.8 Å². The zero-order valence-corrected chi connectivity index (χ0v) is 13.0. The third-order valence-electron chi connectivity index (χ3n) is 3.85. The molecule has 1 aromatic carbocycles. The molecule has 4 heteroatoms. The first-order chi connectivity index (χ1) is 9.99. The topological polar surface area (TPSA) is 55.6 Å². The van der Waals surface area contributed by atoms with E-state index in [1.165, 1.54) is 6.42 Å². The second-order valence-electron chi connectivity index (χ2n) is 6.02. The molecule has 0 spiro atoms. The van der Waals surface area contributed by atoms with Crippen molar-refractivity contribution in [2.24, 2.45) is 11.8 Å². The Hall–Kier alpha value is -1.97. The van der Waals surface area contributed by atoms with Gasteiger partial charge in [-0.1, -0.05) is 19.9 Å². The predicted molar refractivity (Wildman–Crippen MR) is 86.0 cm³/mol. The zero-order chi connectivity index (χ0) is 15.4. The summed E-state index contributed by atoms with van der Waals surface area (Å²) in [6.07, 6.45) is 4.64. The first kappa shape index (κ1) is 15.4. The van der Waals surface area contributed by atoms with E-state index in [0.717, 1.165) is 18.7 Å². The number of methoxy groups -OCH3 is 1. The highest BCUT2D eigenvalue weighted by Crippen LogP contribution is 2.23. The molecule has 0 saturated carbocycles. The highest BCUT2D eigenvalue weighted by molar-refractivity contribution is 5.92. The van der Waals surface area contributed by atoms with Crippen LogP contribution in [0.15, 0.2) is 24.3 Å². The maximum atomic E-state index is 12.3. The highest BCUT2D eigenvalue weighted by Gasteiger charge is 2.23. The number of amides is 1. The van der Waals surface area contributed by atoms with Crippen LogP contribution in [0, 0.1) is 11.8 Å². The van der Waals surface area contributed by atoms with Crippen LogP contribution in [0.25, 0.3) is 6.08 Å². The van der Waals surface area contributed by atoms with Crippen molar-refractivity contribution in [1.29, 1.82) is 0 Å². The minimum atomic E-state index is 0.0720. The molecule has 1 aromatic rings. The normalized spacial score (nSPS) is 22.5. The number of nitrogens with two attached hydrogens (primary N) is 1. The summed E-state index contributed by atoms with van der Waals surface area (Å²) in [5.41, 5.74) is 7.34. The number of rotatable bonds is 3. The molecule has 1 heterocycles. The van der Waals surface area contributed by atoms with Crippen molar-refractivity contribution in [2.75, 3.05) is 25.9 Å². The molecule has 2 unspecified atom stereocenters. The fourth-order valence-electron chi connectivity index (χ4n) is 2.97. The molecule has 2 atom stereocenters. The summed E-state index contributed by atoms with van der Waals surface area (Å²) in [7, 11) is 1.59. The van der Waals surface area contributed by atoms with Gasteiger partial charge in [0.2, 0.25) is 5.91 Å². The van der Waals surface area contributed by atoms with Crippen LogP contribution in [0.2, 0.25) is 0 Å². The monoisotopic (exact) mass is 288 g/mol. The summed E-state index contributed by atoms with van der Waals surface area (Å²) in [5, 5.41) is 0. The Morgan fingerprint density at radius 1 is 1.33 bits per heavy atom. The summed E-state index contributed by atoms with van der Waals surface area (Å²) < 4.78 is 5.12. The van der Waals surface area contributed by atoms with Crippen molar-refractivity contribution in [1.82, 2.24) is 4.90 Å². The largest absolute Gasteiger partial charge is 0.495 e. The molecule has 1 saturated heterocycles. The number of hydrogen-bond donors (Lipinski definition) is 1. The SMILES string of the molecule is COc1ccc(/C=C\C(=O)N2CC(C)CC(C)C2)cc1N. The van der Waals surface area contributed by atoms with Crippen LogP contribution in [0.4, 0.5) is 5.69 Å². The first-order valence-electron chi connectivity index (χ1n) is 7.40. The summed E-state index contributed by atoms with van der Waals surface area (Å²) in [4.78, 5) is 14.2. The van der Waals surface area contributed by atoms with E-state index < -0.39 is 0 Å². The minimum Gasteiger partial charge on any atom is -0.495 e. The van der Waals surface area contributed by atoms with Crippen molar-refractivity contribution in [3.05, 3.63) is 29.8 Å². The van der Waals surface area contributed by atoms with Crippen molar-refractivity contribution >= 4 is 17.7 Å². The van der Waals surface area contributed by atoms with Crippen LogP contribution in [0.3, 0.4) is 0 Å². The van der Waals surface area contributed by atoms with E-state index in [2.05, 4.69) is 13.8 Å². The van der Waals surface area contributed by atoms with E-state index in [4.69, 9.17) is 10.5 Å². The van der Waals surface area contributed by atoms with Gasteiger partial charge in [-0.2, -0.15) is 0 Å².